The van der Waals surface area contributed by atoms with Gasteiger partial charge in [0.2, 0.25) is 5.91 Å². The summed E-state index contributed by atoms with van der Waals surface area (Å²) in [6.45, 7) is 0. The molecular formula is C21H24N2O. The Balaban J connectivity index is 1.48. The molecule has 2 bridgehead atoms. The number of nitrogens with zero attached hydrogens (tertiary/aromatic N) is 1. The van der Waals surface area contributed by atoms with Gasteiger partial charge in [-0.1, -0.05) is 36.8 Å². The predicted molar refractivity (Wildman–Crippen MR) is 94.2 cm³/mol. The fourth-order valence-corrected chi connectivity index (χ4v) is 4.65. The molecule has 2 aromatic rings. The first-order valence-electron chi connectivity index (χ1n) is 9.04. The maximum Gasteiger partial charge on any atom is 0.221 e. The van der Waals surface area contributed by atoms with E-state index in [4.69, 9.17) is 0 Å². The van der Waals surface area contributed by atoms with Crippen LogP contribution in [0, 0.1) is 17.8 Å². The van der Waals surface area contributed by atoms with Gasteiger partial charge in [-0.25, -0.2) is 0 Å². The second kappa shape index (κ2) is 6.76. The minimum absolute atomic E-state index is 0.0970. The van der Waals surface area contributed by atoms with E-state index >= 15 is 0 Å². The molecule has 2 aliphatic carbocycles. The monoisotopic (exact) mass is 320 g/mol. The number of amides is 1. The summed E-state index contributed by atoms with van der Waals surface area (Å²) >= 11 is 0. The summed E-state index contributed by atoms with van der Waals surface area (Å²) < 4.78 is 0. The number of benzene rings is 1. The van der Waals surface area contributed by atoms with Crippen LogP contribution in [0.5, 0.6) is 0 Å². The number of rotatable bonds is 5. The van der Waals surface area contributed by atoms with Gasteiger partial charge < -0.3 is 5.32 Å². The molecule has 0 aliphatic heterocycles. The molecule has 2 fully saturated rings. The minimum Gasteiger partial charge on any atom is -0.345 e. The van der Waals surface area contributed by atoms with Crippen molar-refractivity contribution in [1.82, 2.24) is 10.3 Å². The van der Waals surface area contributed by atoms with Crippen molar-refractivity contribution in [3.05, 3.63) is 66.0 Å². The van der Waals surface area contributed by atoms with Gasteiger partial charge in [0.25, 0.3) is 0 Å². The fourth-order valence-electron chi connectivity index (χ4n) is 4.65. The zero-order valence-corrected chi connectivity index (χ0v) is 13.9. The average molecular weight is 320 g/mol. The Morgan fingerprint density at radius 3 is 2.46 bits per heavy atom. The van der Waals surface area contributed by atoms with E-state index in [0.717, 1.165) is 23.0 Å². The summed E-state index contributed by atoms with van der Waals surface area (Å²) in [5.41, 5.74) is 2.20. The number of carbonyl (C=O) groups is 1. The van der Waals surface area contributed by atoms with Crippen LogP contribution in [-0.4, -0.2) is 10.9 Å². The molecule has 124 valence electrons. The van der Waals surface area contributed by atoms with E-state index in [1.165, 1.54) is 25.7 Å². The largest absolute Gasteiger partial charge is 0.345 e. The molecule has 24 heavy (non-hydrogen) atoms. The van der Waals surface area contributed by atoms with Crippen molar-refractivity contribution in [3.63, 3.8) is 0 Å². The highest BCUT2D eigenvalue weighted by molar-refractivity contribution is 5.77. The minimum atomic E-state index is -0.0970. The third-order valence-electron chi connectivity index (χ3n) is 5.81. The lowest BCUT2D eigenvalue weighted by Crippen LogP contribution is -2.31. The second-order valence-corrected chi connectivity index (χ2v) is 7.33. The number of hydrogen-bond acceptors (Lipinski definition) is 2. The first-order valence-corrected chi connectivity index (χ1v) is 9.04. The highest BCUT2D eigenvalue weighted by atomic mass is 16.1. The van der Waals surface area contributed by atoms with Crippen LogP contribution >= 0.6 is 0 Å². The van der Waals surface area contributed by atoms with Gasteiger partial charge in [0.1, 0.15) is 0 Å². The molecule has 1 aromatic carbocycles. The Hall–Kier alpha value is -2.16. The van der Waals surface area contributed by atoms with Crippen molar-refractivity contribution < 1.29 is 4.79 Å². The molecular weight excluding hydrogens is 296 g/mol. The SMILES string of the molecule is O=C(C[C@H]1C[C@H]2CC[C@H]1C2)N[C@H](c1ccccc1)c1ccncc1. The summed E-state index contributed by atoms with van der Waals surface area (Å²) in [4.78, 5) is 16.8. The molecule has 1 heterocycles. The van der Waals surface area contributed by atoms with Crippen molar-refractivity contribution in [2.45, 2.75) is 38.1 Å². The van der Waals surface area contributed by atoms with E-state index in [9.17, 15) is 4.79 Å². The lowest BCUT2D eigenvalue weighted by Gasteiger charge is -2.24. The molecule has 1 amide bonds. The van der Waals surface area contributed by atoms with Crippen molar-refractivity contribution >= 4 is 5.91 Å². The molecule has 0 radical (unpaired) electrons. The Labute approximate surface area is 143 Å². The Bertz CT molecular complexity index is 646. The second-order valence-electron chi connectivity index (χ2n) is 7.33. The van der Waals surface area contributed by atoms with Crippen molar-refractivity contribution in [3.8, 4) is 0 Å². The van der Waals surface area contributed by atoms with Crippen LogP contribution < -0.4 is 5.32 Å². The molecule has 2 aliphatic rings. The number of fused-ring (bicyclic) bond motifs is 2. The average Bonchev–Trinajstić information content (AvgIpc) is 3.24. The summed E-state index contributed by atoms with van der Waals surface area (Å²) in [5, 5.41) is 3.27. The zero-order valence-electron chi connectivity index (χ0n) is 13.9. The normalized spacial score (nSPS) is 26.2. The smallest absolute Gasteiger partial charge is 0.221 e. The van der Waals surface area contributed by atoms with E-state index in [-0.39, 0.29) is 11.9 Å². The predicted octanol–water partition coefficient (Wildman–Crippen LogP) is 4.11. The zero-order chi connectivity index (χ0) is 16.4. The molecule has 4 rings (SSSR count). The summed E-state index contributed by atoms with van der Waals surface area (Å²) in [6.07, 6.45) is 9.56. The number of pyridine rings is 1. The first kappa shape index (κ1) is 15.4. The van der Waals surface area contributed by atoms with Gasteiger partial charge in [0, 0.05) is 18.8 Å². The highest BCUT2D eigenvalue weighted by Crippen LogP contribution is 2.49. The maximum absolute atomic E-state index is 12.7. The van der Waals surface area contributed by atoms with E-state index in [0.29, 0.717) is 12.3 Å². The molecule has 3 heteroatoms. The molecule has 0 saturated heterocycles. The van der Waals surface area contributed by atoms with E-state index in [2.05, 4.69) is 22.4 Å². The van der Waals surface area contributed by atoms with Gasteiger partial charge in [-0.15, -0.1) is 0 Å². The number of nitrogens with one attached hydrogen (secondary N) is 1. The molecule has 1 aromatic heterocycles. The number of hydrogen-bond donors (Lipinski definition) is 1. The number of aromatic nitrogens is 1. The van der Waals surface area contributed by atoms with Gasteiger partial charge in [-0.2, -0.15) is 0 Å². The number of carbonyl (C=O) groups excluding carboxylic acids is 1. The van der Waals surface area contributed by atoms with Gasteiger partial charge >= 0.3 is 0 Å². The van der Waals surface area contributed by atoms with Gasteiger partial charge in [0.05, 0.1) is 6.04 Å². The molecule has 4 atom stereocenters. The van der Waals surface area contributed by atoms with Crippen LogP contribution in [0.3, 0.4) is 0 Å². The topological polar surface area (TPSA) is 42.0 Å². The Morgan fingerprint density at radius 2 is 1.79 bits per heavy atom. The van der Waals surface area contributed by atoms with Gasteiger partial charge in [-0.05, 0) is 60.3 Å². The molecule has 3 nitrogen and oxygen atoms in total. The molecule has 1 N–H and O–H groups in total. The van der Waals surface area contributed by atoms with E-state index in [1.54, 1.807) is 12.4 Å². The first-order chi connectivity index (χ1) is 11.8. The van der Waals surface area contributed by atoms with E-state index in [1.807, 2.05) is 30.3 Å². The molecule has 2 saturated carbocycles. The van der Waals surface area contributed by atoms with Gasteiger partial charge in [0.15, 0.2) is 0 Å². The van der Waals surface area contributed by atoms with Crippen LogP contribution in [0.1, 0.15) is 49.3 Å². The lowest BCUT2D eigenvalue weighted by molar-refractivity contribution is -0.122. The Morgan fingerprint density at radius 1 is 1.04 bits per heavy atom. The summed E-state index contributed by atoms with van der Waals surface area (Å²) in [6, 6.07) is 14.1. The third-order valence-corrected chi connectivity index (χ3v) is 5.81. The highest BCUT2D eigenvalue weighted by Gasteiger charge is 2.40. The lowest BCUT2D eigenvalue weighted by atomic mass is 9.86. The van der Waals surface area contributed by atoms with Crippen LogP contribution in [0.15, 0.2) is 54.9 Å². The molecule has 0 unspecified atom stereocenters. The van der Waals surface area contributed by atoms with Crippen LogP contribution in [0.4, 0.5) is 0 Å². The quantitative estimate of drug-likeness (QED) is 0.900. The van der Waals surface area contributed by atoms with Crippen molar-refractivity contribution in [2.75, 3.05) is 0 Å². The van der Waals surface area contributed by atoms with Crippen LogP contribution in [-0.2, 0) is 4.79 Å². The van der Waals surface area contributed by atoms with Crippen molar-refractivity contribution in [2.24, 2.45) is 17.8 Å². The molecule has 0 spiro atoms. The third kappa shape index (κ3) is 3.21. The van der Waals surface area contributed by atoms with Crippen molar-refractivity contribution in [1.29, 1.82) is 0 Å². The fraction of sp³-hybridized carbons (Fsp3) is 0.429. The van der Waals surface area contributed by atoms with Crippen LogP contribution in [0.2, 0.25) is 0 Å². The summed E-state index contributed by atoms with van der Waals surface area (Å²) in [7, 11) is 0. The van der Waals surface area contributed by atoms with Gasteiger partial charge in [-0.3, -0.25) is 9.78 Å². The maximum atomic E-state index is 12.7. The van der Waals surface area contributed by atoms with E-state index < -0.39 is 0 Å². The standard InChI is InChI=1S/C21H24N2O/c24-20(14-19-13-15-6-7-18(19)12-15)23-21(16-4-2-1-3-5-16)17-8-10-22-11-9-17/h1-5,8-11,15,18-19,21H,6-7,12-14H2,(H,23,24)/t15-,18-,19+,21+/m0/s1. The summed E-state index contributed by atoms with van der Waals surface area (Å²) in [5.74, 6) is 2.45. The van der Waals surface area contributed by atoms with Crippen LogP contribution in [0.25, 0.3) is 0 Å². The Kier molecular flexibility index (Phi) is 4.33.